The van der Waals surface area contributed by atoms with E-state index < -0.39 is 5.97 Å². The van der Waals surface area contributed by atoms with Gasteiger partial charge in [-0.25, -0.2) is 9.78 Å². The van der Waals surface area contributed by atoms with Crippen LogP contribution >= 0.6 is 39.0 Å². The van der Waals surface area contributed by atoms with Crippen LogP contribution in [0.1, 0.15) is 26.5 Å². The summed E-state index contributed by atoms with van der Waals surface area (Å²) in [5.41, 5.74) is 1.91. The second-order valence-corrected chi connectivity index (χ2v) is 6.87. The van der Waals surface area contributed by atoms with Crippen LogP contribution in [-0.4, -0.2) is 16.1 Å². The SMILES string of the molecule is Cc1cc(C)c(C(=O)O)c(SCc2sccc2Br)n1. The molecule has 2 aromatic heterocycles. The van der Waals surface area contributed by atoms with E-state index in [0.29, 0.717) is 16.3 Å². The average molecular weight is 358 g/mol. The molecule has 0 aliphatic rings. The minimum absolute atomic E-state index is 0.309. The third kappa shape index (κ3) is 3.38. The van der Waals surface area contributed by atoms with Gasteiger partial charge in [-0.2, -0.15) is 0 Å². The summed E-state index contributed by atoms with van der Waals surface area (Å²) >= 11 is 6.59. The van der Waals surface area contributed by atoms with Crippen molar-refractivity contribution >= 4 is 45.0 Å². The molecule has 3 nitrogen and oxygen atoms in total. The Bertz CT molecular complexity index is 625. The highest BCUT2D eigenvalue weighted by molar-refractivity contribution is 9.10. The summed E-state index contributed by atoms with van der Waals surface area (Å²) in [5.74, 6) is -0.202. The Balaban J connectivity index is 2.29. The molecule has 0 amide bonds. The number of rotatable bonds is 4. The molecule has 0 atom stereocenters. The molecule has 19 heavy (non-hydrogen) atoms. The number of carboxylic acids is 1. The van der Waals surface area contributed by atoms with Crippen molar-refractivity contribution in [1.82, 2.24) is 4.98 Å². The molecule has 0 aliphatic carbocycles. The van der Waals surface area contributed by atoms with Crippen LogP contribution in [0.5, 0.6) is 0 Å². The fraction of sp³-hybridized carbons (Fsp3) is 0.231. The van der Waals surface area contributed by atoms with Crippen LogP contribution in [0.2, 0.25) is 0 Å². The number of aromatic nitrogens is 1. The van der Waals surface area contributed by atoms with E-state index in [9.17, 15) is 9.90 Å². The lowest BCUT2D eigenvalue weighted by Crippen LogP contribution is -2.05. The molecule has 100 valence electrons. The summed E-state index contributed by atoms with van der Waals surface area (Å²) in [7, 11) is 0. The summed E-state index contributed by atoms with van der Waals surface area (Å²) in [4.78, 5) is 16.9. The van der Waals surface area contributed by atoms with E-state index in [1.54, 1.807) is 17.4 Å². The largest absolute Gasteiger partial charge is 0.478 e. The molecule has 2 rings (SSSR count). The summed E-state index contributed by atoms with van der Waals surface area (Å²) in [6.45, 7) is 3.69. The number of pyridine rings is 1. The summed E-state index contributed by atoms with van der Waals surface area (Å²) < 4.78 is 1.06. The van der Waals surface area contributed by atoms with Crippen molar-refractivity contribution in [2.24, 2.45) is 0 Å². The van der Waals surface area contributed by atoms with E-state index in [0.717, 1.165) is 15.7 Å². The van der Waals surface area contributed by atoms with Crippen molar-refractivity contribution in [2.75, 3.05) is 0 Å². The second kappa shape index (κ2) is 6.07. The smallest absolute Gasteiger partial charge is 0.338 e. The van der Waals surface area contributed by atoms with Gasteiger partial charge < -0.3 is 5.11 Å². The number of thioether (sulfide) groups is 1. The summed E-state index contributed by atoms with van der Waals surface area (Å²) in [5, 5.41) is 11.9. The lowest BCUT2D eigenvalue weighted by molar-refractivity contribution is 0.0691. The van der Waals surface area contributed by atoms with Gasteiger partial charge in [-0.1, -0.05) is 11.8 Å². The average Bonchev–Trinajstić information content (AvgIpc) is 2.70. The molecule has 6 heteroatoms. The highest BCUT2D eigenvalue weighted by Gasteiger charge is 2.16. The van der Waals surface area contributed by atoms with Crippen molar-refractivity contribution in [2.45, 2.75) is 24.6 Å². The molecular weight excluding hydrogens is 346 g/mol. The topological polar surface area (TPSA) is 50.2 Å². The maximum atomic E-state index is 11.3. The first-order chi connectivity index (χ1) is 8.99. The number of aryl methyl sites for hydroxylation is 2. The molecule has 0 saturated heterocycles. The Morgan fingerprint density at radius 3 is 2.84 bits per heavy atom. The van der Waals surface area contributed by atoms with Gasteiger partial charge in [-0.15, -0.1) is 11.3 Å². The van der Waals surface area contributed by atoms with Gasteiger partial charge in [0.25, 0.3) is 0 Å². The minimum Gasteiger partial charge on any atom is -0.478 e. The number of hydrogen-bond donors (Lipinski definition) is 1. The summed E-state index contributed by atoms with van der Waals surface area (Å²) in [6.07, 6.45) is 0. The van der Waals surface area contributed by atoms with Gasteiger partial charge in [0.05, 0.1) is 5.56 Å². The zero-order chi connectivity index (χ0) is 14.0. The van der Waals surface area contributed by atoms with Crippen molar-refractivity contribution in [3.8, 4) is 0 Å². The van der Waals surface area contributed by atoms with Crippen LogP contribution < -0.4 is 0 Å². The Morgan fingerprint density at radius 1 is 1.53 bits per heavy atom. The van der Waals surface area contributed by atoms with Crippen LogP contribution in [-0.2, 0) is 5.75 Å². The number of halogens is 1. The minimum atomic E-state index is -0.919. The Morgan fingerprint density at radius 2 is 2.26 bits per heavy atom. The quantitative estimate of drug-likeness (QED) is 0.817. The van der Waals surface area contributed by atoms with E-state index in [2.05, 4.69) is 20.9 Å². The van der Waals surface area contributed by atoms with Gasteiger partial charge >= 0.3 is 5.97 Å². The molecule has 0 saturated carbocycles. The molecule has 0 bridgehead atoms. The van der Waals surface area contributed by atoms with E-state index in [1.165, 1.54) is 16.6 Å². The Labute approximate surface area is 128 Å². The molecule has 0 fully saturated rings. The maximum absolute atomic E-state index is 11.3. The third-order valence-electron chi connectivity index (χ3n) is 2.56. The zero-order valence-corrected chi connectivity index (χ0v) is 13.7. The first-order valence-electron chi connectivity index (χ1n) is 5.55. The van der Waals surface area contributed by atoms with Gasteiger partial charge in [0.15, 0.2) is 0 Å². The van der Waals surface area contributed by atoms with Gasteiger partial charge in [0.2, 0.25) is 0 Å². The van der Waals surface area contributed by atoms with Crippen LogP contribution in [0.15, 0.2) is 27.0 Å². The maximum Gasteiger partial charge on any atom is 0.338 e. The number of thiophene rings is 1. The normalized spacial score (nSPS) is 10.7. The molecule has 0 unspecified atom stereocenters. The van der Waals surface area contributed by atoms with Crippen LogP contribution in [0.25, 0.3) is 0 Å². The number of nitrogens with zero attached hydrogens (tertiary/aromatic N) is 1. The van der Waals surface area contributed by atoms with Crippen LogP contribution in [0, 0.1) is 13.8 Å². The predicted octanol–water partition coefficient (Wildman–Crippen LogP) is 4.51. The third-order valence-corrected chi connectivity index (χ3v) is 5.67. The first kappa shape index (κ1) is 14.6. The van der Waals surface area contributed by atoms with Crippen LogP contribution in [0.4, 0.5) is 0 Å². The van der Waals surface area contributed by atoms with E-state index in [-0.39, 0.29) is 0 Å². The molecule has 0 aliphatic heterocycles. The Hall–Kier alpha value is -0.850. The highest BCUT2D eigenvalue weighted by atomic mass is 79.9. The van der Waals surface area contributed by atoms with E-state index in [1.807, 2.05) is 25.3 Å². The van der Waals surface area contributed by atoms with Crippen molar-refractivity contribution in [3.63, 3.8) is 0 Å². The number of aromatic carboxylic acids is 1. The van der Waals surface area contributed by atoms with Gasteiger partial charge in [-0.05, 0) is 52.9 Å². The fourth-order valence-electron chi connectivity index (χ4n) is 1.73. The standard InChI is InChI=1S/C13H12BrNO2S2/c1-7-5-8(2)15-12(11(7)13(16)17)19-6-10-9(14)3-4-18-10/h3-5H,6H2,1-2H3,(H,16,17). The van der Waals surface area contributed by atoms with Gasteiger partial charge in [0.1, 0.15) is 5.03 Å². The van der Waals surface area contributed by atoms with Crippen molar-refractivity contribution in [1.29, 1.82) is 0 Å². The summed E-state index contributed by atoms with van der Waals surface area (Å²) in [6, 6.07) is 3.79. The Kier molecular flexibility index (Phi) is 4.65. The van der Waals surface area contributed by atoms with Gasteiger partial charge in [-0.3, -0.25) is 0 Å². The molecule has 0 spiro atoms. The van der Waals surface area contributed by atoms with Crippen molar-refractivity contribution < 1.29 is 9.90 Å². The second-order valence-electron chi connectivity index (χ2n) is 4.05. The highest BCUT2D eigenvalue weighted by Crippen LogP contribution is 2.32. The van der Waals surface area contributed by atoms with E-state index in [4.69, 9.17) is 0 Å². The fourth-order valence-corrected chi connectivity index (χ4v) is 4.66. The number of carbonyl (C=O) groups is 1. The molecule has 1 N–H and O–H groups in total. The molecular formula is C13H12BrNO2S2. The van der Waals surface area contributed by atoms with E-state index >= 15 is 0 Å². The molecule has 0 radical (unpaired) electrons. The first-order valence-corrected chi connectivity index (χ1v) is 8.21. The van der Waals surface area contributed by atoms with Gasteiger partial charge in [0, 0.05) is 20.8 Å². The number of hydrogen-bond acceptors (Lipinski definition) is 4. The predicted molar refractivity (Wildman–Crippen MR) is 82.3 cm³/mol. The molecule has 0 aromatic carbocycles. The zero-order valence-electron chi connectivity index (χ0n) is 10.4. The van der Waals surface area contributed by atoms with Crippen LogP contribution in [0.3, 0.4) is 0 Å². The lowest BCUT2D eigenvalue weighted by atomic mass is 10.1. The number of carboxylic acid groups (broad SMARTS) is 1. The molecule has 2 aromatic rings. The molecule has 2 heterocycles. The monoisotopic (exact) mass is 357 g/mol. The lowest BCUT2D eigenvalue weighted by Gasteiger charge is -2.09. The van der Waals surface area contributed by atoms with Crippen molar-refractivity contribution in [3.05, 3.63) is 43.7 Å².